The molecule has 0 saturated carbocycles. The number of aromatic hydroxyl groups is 2. The molecule has 0 unspecified atom stereocenters. The van der Waals surface area contributed by atoms with Crippen molar-refractivity contribution in [3.63, 3.8) is 0 Å². The third-order valence-corrected chi connectivity index (χ3v) is 10.3. The molecule has 0 fully saturated rings. The first-order valence-electron chi connectivity index (χ1n) is 10.1. The van der Waals surface area contributed by atoms with Crippen molar-refractivity contribution in [1.82, 2.24) is 9.80 Å². The Kier molecular flexibility index (Phi) is 9.11. The number of hydrogen-bond donors (Lipinski definition) is 2. The van der Waals surface area contributed by atoms with Crippen LogP contribution in [0.3, 0.4) is 0 Å². The van der Waals surface area contributed by atoms with Gasteiger partial charge < -0.3 is 29.5 Å². The van der Waals surface area contributed by atoms with E-state index in [1.54, 1.807) is 35.8 Å². The molecule has 176 valence electrons. The molecule has 0 amide bonds. The van der Waals surface area contributed by atoms with E-state index in [0.717, 1.165) is 56.6 Å². The van der Waals surface area contributed by atoms with Crippen LogP contribution in [0.15, 0.2) is 31.7 Å². The molecule has 2 aromatic carbocycles. The van der Waals surface area contributed by atoms with Crippen LogP contribution in [0.1, 0.15) is 11.1 Å². The van der Waals surface area contributed by atoms with Crippen LogP contribution in [0.2, 0.25) is 0 Å². The van der Waals surface area contributed by atoms with Crippen molar-refractivity contribution in [2.75, 3.05) is 55.5 Å². The van der Waals surface area contributed by atoms with E-state index in [4.69, 9.17) is 9.47 Å². The summed E-state index contributed by atoms with van der Waals surface area (Å²) in [6.07, 6.45) is 1.66. The van der Waals surface area contributed by atoms with Gasteiger partial charge in [-0.15, -0.1) is 0 Å². The summed E-state index contributed by atoms with van der Waals surface area (Å²) >= 11 is 0. The monoisotopic (exact) mass is 514 g/mol. The van der Waals surface area contributed by atoms with Crippen molar-refractivity contribution in [3.05, 3.63) is 23.3 Å². The van der Waals surface area contributed by atoms with Crippen molar-refractivity contribution in [1.29, 1.82) is 0 Å². The van der Waals surface area contributed by atoms with Gasteiger partial charge in [0.15, 0.2) is 23.0 Å². The summed E-state index contributed by atoms with van der Waals surface area (Å²) in [6, 6.07) is 3.85. The third kappa shape index (κ3) is 5.71. The van der Waals surface area contributed by atoms with E-state index in [1.165, 1.54) is 21.6 Å². The largest absolute Gasteiger partial charge is 0.503 e. The van der Waals surface area contributed by atoms with E-state index in [9.17, 15) is 10.2 Å². The van der Waals surface area contributed by atoms with Gasteiger partial charge in [0, 0.05) is 22.9 Å². The van der Waals surface area contributed by atoms with Gasteiger partial charge in [-0.3, -0.25) is 0 Å². The van der Waals surface area contributed by atoms with Crippen molar-refractivity contribution >= 4 is 43.2 Å². The van der Waals surface area contributed by atoms with E-state index < -0.39 is 0 Å². The number of fused-ring (bicyclic) bond motifs is 2. The van der Waals surface area contributed by atoms with E-state index in [0.29, 0.717) is 11.5 Å². The first-order valence-corrected chi connectivity index (χ1v) is 14.4. The minimum atomic E-state index is 0.165. The fourth-order valence-corrected chi connectivity index (χ4v) is 9.43. The maximum Gasteiger partial charge on any atom is 0.173 e. The molecule has 32 heavy (non-hydrogen) atoms. The lowest BCUT2D eigenvalue weighted by Crippen LogP contribution is -2.15. The molecule has 2 N–H and O–H groups in total. The quantitative estimate of drug-likeness (QED) is 0.458. The second-order valence-corrected chi connectivity index (χ2v) is 12.2. The highest BCUT2D eigenvalue weighted by atomic mass is 33.1. The molecule has 6 nitrogen and oxygen atoms in total. The number of methoxy groups -OCH3 is 2. The van der Waals surface area contributed by atoms with E-state index in [1.807, 2.05) is 40.3 Å². The molecular formula is C22H30N2O4S4. The predicted octanol–water partition coefficient (Wildman–Crippen LogP) is 5.24. The lowest BCUT2D eigenvalue weighted by molar-refractivity contribution is 0.363. The Morgan fingerprint density at radius 1 is 0.656 bits per heavy atom. The standard InChI is InChI=1S/C22H30N2O4S4/c1-23(2)9-7-13-11-15(27-5)17(25)21-19(13)29-32-22-18(26)16(28-6)12-14(8-10-24(3)4)20(22)30-31-21/h11-12,25-26H,7-10H2,1-6H3. The minimum absolute atomic E-state index is 0.165. The lowest BCUT2D eigenvalue weighted by atomic mass is 10.1. The number of phenolic OH excluding ortho intramolecular Hbond substituents is 2. The summed E-state index contributed by atoms with van der Waals surface area (Å²) in [7, 11) is 17.5. The predicted molar refractivity (Wildman–Crippen MR) is 137 cm³/mol. The minimum Gasteiger partial charge on any atom is -0.503 e. The Morgan fingerprint density at radius 2 is 1.00 bits per heavy atom. The lowest BCUT2D eigenvalue weighted by Gasteiger charge is -2.23. The fraction of sp³-hybridized carbons (Fsp3) is 0.455. The number of benzene rings is 2. The van der Waals surface area contributed by atoms with Crippen LogP contribution in [0.25, 0.3) is 0 Å². The van der Waals surface area contributed by atoms with Crippen LogP contribution in [0.5, 0.6) is 23.0 Å². The average molecular weight is 515 g/mol. The fourth-order valence-electron chi connectivity index (χ4n) is 3.19. The second-order valence-electron chi connectivity index (χ2n) is 7.93. The van der Waals surface area contributed by atoms with Gasteiger partial charge in [0.25, 0.3) is 0 Å². The second kappa shape index (κ2) is 11.4. The molecule has 0 aliphatic carbocycles. The number of likely N-dealkylation sites (N-methyl/N-ethyl adjacent to an activating group) is 2. The number of hydrogen-bond acceptors (Lipinski definition) is 10. The molecule has 10 heteroatoms. The van der Waals surface area contributed by atoms with Gasteiger partial charge >= 0.3 is 0 Å². The number of rotatable bonds is 8. The van der Waals surface area contributed by atoms with E-state index >= 15 is 0 Å². The summed E-state index contributed by atoms with van der Waals surface area (Å²) < 4.78 is 10.9. The van der Waals surface area contributed by atoms with Crippen molar-refractivity contribution in [2.45, 2.75) is 32.4 Å². The van der Waals surface area contributed by atoms with E-state index in [-0.39, 0.29) is 11.5 Å². The molecule has 2 aromatic rings. The first kappa shape index (κ1) is 25.6. The zero-order valence-corrected chi connectivity index (χ0v) is 22.5. The summed E-state index contributed by atoms with van der Waals surface area (Å²) in [5.41, 5.74) is 2.24. The van der Waals surface area contributed by atoms with Crippen LogP contribution in [-0.2, 0) is 12.8 Å². The highest BCUT2D eigenvalue weighted by Gasteiger charge is 2.27. The highest BCUT2D eigenvalue weighted by Crippen LogP contribution is 2.61. The van der Waals surface area contributed by atoms with Crippen LogP contribution < -0.4 is 9.47 Å². The topological polar surface area (TPSA) is 65.4 Å². The first-order chi connectivity index (χ1) is 15.3. The number of ether oxygens (including phenoxy) is 2. The molecular weight excluding hydrogens is 485 g/mol. The van der Waals surface area contributed by atoms with Crippen LogP contribution >= 0.6 is 43.2 Å². The van der Waals surface area contributed by atoms with Gasteiger partial charge in [-0.05, 0) is 85.9 Å². The molecule has 3 rings (SSSR count). The molecule has 0 aromatic heterocycles. The Labute approximate surface area is 206 Å². The molecule has 0 atom stereocenters. The van der Waals surface area contributed by atoms with Gasteiger partial charge in [-0.2, -0.15) is 0 Å². The molecule has 1 aliphatic heterocycles. The normalized spacial score (nSPS) is 13.5. The van der Waals surface area contributed by atoms with Gasteiger partial charge in [0.05, 0.1) is 24.0 Å². The van der Waals surface area contributed by atoms with Crippen molar-refractivity contribution in [3.8, 4) is 23.0 Å². The third-order valence-electron chi connectivity index (χ3n) is 5.02. The molecule has 1 heterocycles. The van der Waals surface area contributed by atoms with Crippen LogP contribution in [-0.4, -0.2) is 75.5 Å². The van der Waals surface area contributed by atoms with Crippen molar-refractivity contribution < 1.29 is 19.7 Å². The Bertz CT molecular complexity index is 892. The average Bonchev–Trinajstić information content (AvgIpc) is 2.73. The summed E-state index contributed by atoms with van der Waals surface area (Å²) in [4.78, 5) is 7.90. The number of nitrogens with zero attached hydrogens (tertiary/aromatic N) is 2. The molecule has 0 saturated heterocycles. The SMILES string of the molecule is COc1cc(CCN(C)C)c2c(c1O)SSc1c(CCN(C)C)cc(OC)c(O)c1SS2. The smallest absolute Gasteiger partial charge is 0.173 e. The summed E-state index contributed by atoms with van der Waals surface area (Å²) in [6.45, 7) is 1.77. The maximum absolute atomic E-state index is 10.9. The Hall–Kier alpha value is -1.04. The van der Waals surface area contributed by atoms with Gasteiger partial charge in [0.1, 0.15) is 0 Å². The Morgan fingerprint density at radius 3 is 1.31 bits per heavy atom. The van der Waals surface area contributed by atoms with Crippen molar-refractivity contribution in [2.24, 2.45) is 0 Å². The van der Waals surface area contributed by atoms with Crippen LogP contribution in [0.4, 0.5) is 0 Å². The Balaban J connectivity index is 2.06. The highest BCUT2D eigenvalue weighted by molar-refractivity contribution is 8.79. The number of phenols is 2. The summed E-state index contributed by atoms with van der Waals surface area (Å²) in [5, 5.41) is 21.8. The van der Waals surface area contributed by atoms with E-state index in [2.05, 4.69) is 9.80 Å². The van der Waals surface area contributed by atoms with Gasteiger partial charge in [-0.1, -0.05) is 21.6 Å². The summed E-state index contributed by atoms with van der Waals surface area (Å²) in [5.74, 6) is 1.31. The zero-order chi connectivity index (χ0) is 23.4. The molecule has 0 spiro atoms. The zero-order valence-electron chi connectivity index (χ0n) is 19.2. The maximum atomic E-state index is 10.9. The van der Waals surface area contributed by atoms with Gasteiger partial charge in [-0.25, -0.2) is 0 Å². The van der Waals surface area contributed by atoms with Crippen LogP contribution in [0, 0.1) is 0 Å². The van der Waals surface area contributed by atoms with Gasteiger partial charge in [0.2, 0.25) is 0 Å². The molecule has 0 bridgehead atoms. The molecule has 1 aliphatic rings. The molecule has 0 radical (unpaired) electrons.